The van der Waals surface area contributed by atoms with Gasteiger partial charge in [0.1, 0.15) is 6.10 Å². The lowest BCUT2D eigenvalue weighted by atomic mass is 9.88. The lowest BCUT2D eigenvalue weighted by Crippen LogP contribution is -2.60. The Hall–Kier alpha value is -1.55. The van der Waals surface area contributed by atoms with Crippen LogP contribution in [0.25, 0.3) is 0 Å². The highest BCUT2D eigenvalue weighted by Crippen LogP contribution is 2.33. The molecule has 2 fully saturated rings. The molecule has 21 heavy (non-hydrogen) atoms. The van der Waals surface area contributed by atoms with Gasteiger partial charge in [-0.2, -0.15) is 0 Å². The molecular formula is C17H24N2O2. The number of nitrogens with zero attached hydrogens (tertiary/aromatic N) is 1. The highest BCUT2D eigenvalue weighted by molar-refractivity contribution is 5.81. The number of piperidine rings is 1. The van der Waals surface area contributed by atoms with Gasteiger partial charge >= 0.3 is 0 Å². The molecule has 2 saturated heterocycles. The topological polar surface area (TPSA) is 41.6 Å². The number of para-hydroxylation sites is 1. The first-order valence-corrected chi connectivity index (χ1v) is 7.92. The predicted octanol–water partition coefficient (Wildman–Crippen LogP) is 2.12. The number of hydrogen-bond donors (Lipinski definition) is 1. The van der Waals surface area contributed by atoms with Crippen LogP contribution >= 0.6 is 0 Å². The van der Waals surface area contributed by atoms with Crippen molar-refractivity contribution in [1.82, 2.24) is 5.32 Å². The molecule has 4 nitrogen and oxygen atoms in total. The van der Waals surface area contributed by atoms with Gasteiger partial charge in [0.15, 0.2) is 0 Å². The van der Waals surface area contributed by atoms with Crippen molar-refractivity contribution in [3.05, 3.63) is 29.8 Å². The van der Waals surface area contributed by atoms with E-state index in [2.05, 4.69) is 41.4 Å². The quantitative estimate of drug-likeness (QED) is 0.906. The summed E-state index contributed by atoms with van der Waals surface area (Å²) in [5, 5.41) is 2.99. The number of anilines is 1. The van der Waals surface area contributed by atoms with Crippen molar-refractivity contribution < 1.29 is 9.53 Å². The number of benzene rings is 1. The lowest BCUT2D eigenvalue weighted by Gasteiger charge is -2.46. The number of amides is 1. The van der Waals surface area contributed by atoms with Gasteiger partial charge < -0.3 is 15.0 Å². The Morgan fingerprint density at radius 1 is 1.33 bits per heavy atom. The molecule has 1 aromatic carbocycles. The van der Waals surface area contributed by atoms with E-state index in [1.165, 1.54) is 11.3 Å². The smallest absolute Gasteiger partial charge is 0.248 e. The van der Waals surface area contributed by atoms with Crippen LogP contribution in [0.15, 0.2) is 24.3 Å². The fraction of sp³-hybridized carbons (Fsp3) is 0.588. The van der Waals surface area contributed by atoms with Crippen LogP contribution in [0.2, 0.25) is 0 Å². The summed E-state index contributed by atoms with van der Waals surface area (Å²) in [6.07, 6.45) is 2.67. The van der Waals surface area contributed by atoms with Crippen molar-refractivity contribution in [2.45, 2.75) is 44.8 Å². The molecule has 1 atom stereocenters. The monoisotopic (exact) mass is 288 g/mol. The second-order valence-electron chi connectivity index (χ2n) is 6.13. The van der Waals surface area contributed by atoms with Crippen LogP contribution in [-0.4, -0.2) is 37.2 Å². The summed E-state index contributed by atoms with van der Waals surface area (Å²) in [6, 6.07) is 8.63. The second kappa shape index (κ2) is 5.68. The van der Waals surface area contributed by atoms with E-state index in [9.17, 15) is 4.79 Å². The van der Waals surface area contributed by atoms with Crippen LogP contribution in [0.1, 0.15) is 32.3 Å². The van der Waals surface area contributed by atoms with Crippen LogP contribution in [0.3, 0.4) is 0 Å². The Morgan fingerprint density at radius 3 is 2.71 bits per heavy atom. The lowest BCUT2D eigenvalue weighted by molar-refractivity contribution is -0.162. The minimum atomic E-state index is -0.326. The van der Waals surface area contributed by atoms with Crippen LogP contribution in [0.4, 0.5) is 5.69 Å². The molecule has 114 valence electrons. The minimum absolute atomic E-state index is 0.0133. The number of hydrogen-bond acceptors (Lipinski definition) is 3. The molecule has 1 amide bonds. The number of rotatable bonds is 2. The molecular weight excluding hydrogens is 264 g/mol. The molecule has 2 aliphatic rings. The number of nitrogens with one attached hydrogen (secondary N) is 1. The average Bonchev–Trinajstić information content (AvgIpc) is 2.52. The van der Waals surface area contributed by atoms with E-state index in [1.54, 1.807) is 0 Å². The first-order valence-electron chi connectivity index (χ1n) is 7.92. The molecule has 1 unspecified atom stereocenters. The first-order chi connectivity index (χ1) is 10.1. The van der Waals surface area contributed by atoms with Gasteiger partial charge in [-0.15, -0.1) is 0 Å². The van der Waals surface area contributed by atoms with E-state index in [0.29, 0.717) is 6.54 Å². The van der Waals surface area contributed by atoms with Gasteiger partial charge in [0, 0.05) is 25.3 Å². The summed E-state index contributed by atoms with van der Waals surface area (Å²) in [4.78, 5) is 14.0. The standard InChI is InChI=1S/C17H24N2O2/c1-3-14-6-4-5-7-15(14)19-10-8-17(9-11-19)12-18-16(20)13(2)21-17/h4-7,13H,3,8-12H2,1-2H3,(H,18,20). The van der Waals surface area contributed by atoms with Gasteiger partial charge in [-0.25, -0.2) is 0 Å². The third kappa shape index (κ3) is 2.77. The third-order valence-electron chi connectivity index (χ3n) is 4.77. The van der Waals surface area contributed by atoms with E-state index in [4.69, 9.17) is 4.74 Å². The van der Waals surface area contributed by atoms with Crippen molar-refractivity contribution in [1.29, 1.82) is 0 Å². The summed E-state index contributed by atoms with van der Waals surface area (Å²) in [6.45, 7) is 6.67. The maximum Gasteiger partial charge on any atom is 0.248 e. The summed E-state index contributed by atoms with van der Waals surface area (Å²) in [5.41, 5.74) is 2.59. The molecule has 0 aromatic heterocycles. The van der Waals surface area contributed by atoms with Gasteiger partial charge in [-0.05, 0) is 37.8 Å². The van der Waals surface area contributed by atoms with Gasteiger partial charge in [-0.1, -0.05) is 25.1 Å². The van der Waals surface area contributed by atoms with E-state index in [0.717, 1.165) is 32.4 Å². The second-order valence-corrected chi connectivity index (χ2v) is 6.13. The Balaban J connectivity index is 1.69. The van der Waals surface area contributed by atoms with Crippen LogP contribution in [-0.2, 0) is 16.0 Å². The molecule has 1 aromatic rings. The molecule has 1 spiro atoms. The fourth-order valence-corrected chi connectivity index (χ4v) is 3.43. The number of carbonyl (C=O) groups excluding carboxylic acids is 1. The summed E-state index contributed by atoms with van der Waals surface area (Å²) in [7, 11) is 0. The maximum absolute atomic E-state index is 11.5. The van der Waals surface area contributed by atoms with Gasteiger partial charge in [-0.3, -0.25) is 4.79 Å². The molecule has 4 heteroatoms. The zero-order chi connectivity index (χ0) is 14.9. The number of aryl methyl sites for hydroxylation is 1. The van der Waals surface area contributed by atoms with E-state index >= 15 is 0 Å². The number of carbonyl (C=O) groups is 1. The van der Waals surface area contributed by atoms with Gasteiger partial charge in [0.25, 0.3) is 0 Å². The zero-order valence-corrected chi connectivity index (χ0v) is 12.9. The Labute approximate surface area is 126 Å². The zero-order valence-electron chi connectivity index (χ0n) is 12.9. The van der Waals surface area contributed by atoms with E-state index in [1.807, 2.05) is 6.92 Å². The van der Waals surface area contributed by atoms with Crippen molar-refractivity contribution in [2.75, 3.05) is 24.5 Å². The predicted molar refractivity (Wildman–Crippen MR) is 83.6 cm³/mol. The molecule has 0 radical (unpaired) electrons. The van der Waals surface area contributed by atoms with Crippen LogP contribution < -0.4 is 10.2 Å². The highest BCUT2D eigenvalue weighted by atomic mass is 16.5. The Morgan fingerprint density at radius 2 is 2.05 bits per heavy atom. The van der Waals surface area contributed by atoms with Gasteiger partial charge in [0.2, 0.25) is 5.91 Å². The fourth-order valence-electron chi connectivity index (χ4n) is 3.43. The normalized spacial score (nSPS) is 25.0. The molecule has 3 rings (SSSR count). The van der Waals surface area contributed by atoms with Crippen molar-refractivity contribution >= 4 is 11.6 Å². The highest BCUT2D eigenvalue weighted by Gasteiger charge is 2.41. The third-order valence-corrected chi connectivity index (χ3v) is 4.77. The van der Waals surface area contributed by atoms with Crippen molar-refractivity contribution in [2.24, 2.45) is 0 Å². The van der Waals surface area contributed by atoms with Crippen LogP contribution in [0, 0.1) is 0 Å². The molecule has 2 heterocycles. The van der Waals surface area contributed by atoms with Crippen LogP contribution in [0.5, 0.6) is 0 Å². The molecule has 0 bridgehead atoms. The average molecular weight is 288 g/mol. The summed E-state index contributed by atoms with van der Waals surface area (Å²) < 4.78 is 6.03. The van der Waals surface area contributed by atoms with Crippen molar-refractivity contribution in [3.63, 3.8) is 0 Å². The molecule has 0 aliphatic carbocycles. The summed E-state index contributed by atoms with van der Waals surface area (Å²) >= 11 is 0. The van der Waals surface area contributed by atoms with E-state index in [-0.39, 0.29) is 17.6 Å². The van der Waals surface area contributed by atoms with Gasteiger partial charge in [0.05, 0.1) is 5.60 Å². The largest absolute Gasteiger partial charge is 0.371 e. The molecule has 2 aliphatic heterocycles. The summed E-state index contributed by atoms with van der Waals surface area (Å²) in [5.74, 6) is 0.0133. The molecule has 0 saturated carbocycles. The SMILES string of the molecule is CCc1ccccc1N1CCC2(CC1)CNC(=O)C(C)O2. The number of ether oxygens (including phenoxy) is 1. The maximum atomic E-state index is 11.5. The van der Waals surface area contributed by atoms with E-state index < -0.39 is 0 Å². The Kier molecular flexibility index (Phi) is 3.89. The van der Waals surface area contributed by atoms with Crippen molar-refractivity contribution in [3.8, 4) is 0 Å². The minimum Gasteiger partial charge on any atom is -0.371 e. The first kappa shape index (κ1) is 14.4. The number of morpholine rings is 1. The molecule has 1 N–H and O–H groups in total. The Bertz CT molecular complexity index is 521.